The lowest BCUT2D eigenvalue weighted by Crippen LogP contribution is -2.13. The van der Waals surface area contributed by atoms with Gasteiger partial charge >= 0.3 is 0 Å². The molecule has 2 aromatic carbocycles. The van der Waals surface area contributed by atoms with Crippen molar-refractivity contribution in [3.8, 4) is 0 Å². The maximum Gasteiger partial charge on any atom is 0.261 e. The number of halogens is 1. The second-order valence-electron chi connectivity index (χ2n) is 4.14. The highest BCUT2D eigenvalue weighted by Crippen LogP contribution is 2.23. The summed E-state index contributed by atoms with van der Waals surface area (Å²) in [6, 6.07) is 11.4. The Morgan fingerprint density at radius 3 is 2.53 bits per heavy atom. The normalized spacial score (nSPS) is 11.3. The molecule has 0 aliphatic heterocycles. The number of rotatable bonds is 3. The Balaban J connectivity index is 2.33. The SMILES string of the molecule is Cc1ccc(NS(=O)(=O)c2cccc(N)c2)cc1Br. The van der Waals surface area contributed by atoms with Gasteiger partial charge in [0, 0.05) is 15.8 Å². The monoisotopic (exact) mass is 340 g/mol. The third kappa shape index (κ3) is 3.27. The van der Waals surface area contributed by atoms with Gasteiger partial charge in [-0.15, -0.1) is 0 Å². The fraction of sp³-hybridized carbons (Fsp3) is 0.0769. The fourth-order valence-electron chi connectivity index (χ4n) is 1.55. The Hall–Kier alpha value is -1.53. The van der Waals surface area contributed by atoms with Gasteiger partial charge in [-0.1, -0.05) is 28.1 Å². The van der Waals surface area contributed by atoms with E-state index in [1.807, 2.05) is 13.0 Å². The van der Waals surface area contributed by atoms with Crippen molar-refractivity contribution < 1.29 is 8.42 Å². The van der Waals surface area contributed by atoms with Gasteiger partial charge in [-0.3, -0.25) is 4.72 Å². The number of nitrogens with two attached hydrogens (primary N) is 1. The van der Waals surface area contributed by atoms with Crippen LogP contribution in [0.1, 0.15) is 5.56 Å². The number of nitrogen functional groups attached to an aromatic ring is 1. The van der Waals surface area contributed by atoms with Crippen molar-refractivity contribution in [3.05, 3.63) is 52.5 Å². The van der Waals surface area contributed by atoms with Gasteiger partial charge in [-0.05, 0) is 42.8 Å². The number of sulfonamides is 1. The van der Waals surface area contributed by atoms with Crippen LogP contribution in [0.3, 0.4) is 0 Å². The molecule has 100 valence electrons. The molecule has 0 bridgehead atoms. The molecule has 19 heavy (non-hydrogen) atoms. The van der Waals surface area contributed by atoms with E-state index in [2.05, 4.69) is 20.7 Å². The molecule has 0 heterocycles. The summed E-state index contributed by atoms with van der Waals surface area (Å²) in [5, 5.41) is 0. The van der Waals surface area contributed by atoms with Crippen LogP contribution in [0.25, 0.3) is 0 Å². The topological polar surface area (TPSA) is 72.2 Å². The molecule has 0 unspecified atom stereocenters. The zero-order valence-electron chi connectivity index (χ0n) is 10.2. The van der Waals surface area contributed by atoms with Gasteiger partial charge in [0.05, 0.1) is 4.90 Å². The minimum Gasteiger partial charge on any atom is -0.399 e. The lowest BCUT2D eigenvalue weighted by molar-refractivity contribution is 0.601. The lowest BCUT2D eigenvalue weighted by atomic mass is 10.2. The molecule has 0 radical (unpaired) electrons. The van der Waals surface area contributed by atoms with Crippen LogP contribution in [0.5, 0.6) is 0 Å². The predicted octanol–water partition coefficient (Wildman–Crippen LogP) is 3.14. The molecular formula is C13H13BrN2O2S. The summed E-state index contributed by atoms with van der Waals surface area (Å²) < 4.78 is 27.7. The molecule has 2 rings (SSSR count). The number of anilines is 2. The summed E-state index contributed by atoms with van der Waals surface area (Å²) in [6.45, 7) is 1.93. The summed E-state index contributed by atoms with van der Waals surface area (Å²) >= 11 is 3.37. The molecule has 0 amide bonds. The van der Waals surface area contributed by atoms with E-state index in [4.69, 9.17) is 5.73 Å². The fourth-order valence-corrected chi connectivity index (χ4v) is 3.03. The van der Waals surface area contributed by atoms with Crippen LogP contribution >= 0.6 is 15.9 Å². The standard InChI is InChI=1S/C13H13BrN2O2S/c1-9-5-6-11(8-13(9)14)16-19(17,18)12-4-2-3-10(15)7-12/h2-8,16H,15H2,1H3. The van der Waals surface area contributed by atoms with Crippen LogP contribution in [-0.4, -0.2) is 8.42 Å². The molecule has 4 nitrogen and oxygen atoms in total. The minimum absolute atomic E-state index is 0.143. The summed E-state index contributed by atoms with van der Waals surface area (Å²) in [7, 11) is -3.62. The minimum atomic E-state index is -3.62. The maximum atomic E-state index is 12.2. The average Bonchev–Trinajstić information content (AvgIpc) is 2.33. The zero-order valence-corrected chi connectivity index (χ0v) is 12.6. The Morgan fingerprint density at radius 1 is 1.16 bits per heavy atom. The van der Waals surface area contributed by atoms with Crippen LogP contribution in [-0.2, 0) is 10.0 Å². The maximum absolute atomic E-state index is 12.2. The second-order valence-corrected chi connectivity index (χ2v) is 6.68. The van der Waals surface area contributed by atoms with Gasteiger partial charge in [0.1, 0.15) is 0 Å². The number of hydrogen-bond acceptors (Lipinski definition) is 3. The van der Waals surface area contributed by atoms with Crippen LogP contribution in [0.4, 0.5) is 11.4 Å². The van der Waals surface area contributed by atoms with Gasteiger partial charge in [-0.2, -0.15) is 0 Å². The van der Waals surface area contributed by atoms with Gasteiger partial charge in [-0.25, -0.2) is 8.42 Å². The molecule has 2 aromatic rings. The molecule has 0 spiro atoms. The molecule has 0 fully saturated rings. The van der Waals surface area contributed by atoms with Crippen LogP contribution in [0, 0.1) is 6.92 Å². The van der Waals surface area contributed by atoms with E-state index in [0.29, 0.717) is 11.4 Å². The molecule has 0 aliphatic rings. The van der Waals surface area contributed by atoms with E-state index in [-0.39, 0.29) is 4.90 Å². The van der Waals surface area contributed by atoms with Gasteiger partial charge in [0.15, 0.2) is 0 Å². The molecule has 6 heteroatoms. The molecule has 0 aliphatic carbocycles. The molecule has 0 saturated carbocycles. The lowest BCUT2D eigenvalue weighted by Gasteiger charge is -2.09. The highest BCUT2D eigenvalue weighted by molar-refractivity contribution is 9.10. The van der Waals surface area contributed by atoms with Gasteiger partial charge in [0.2, 0.25) is 0 Å². The summed E-state index contributed by atoms with van der Waals surface area (Å²) in [5.41, 5.74) is 7.54. The zero-order chi connectivity index (χ0) is 14.0. The van der Waals surface area contributed by atoms with Crippen molar-refractivity contribution in [1.29, 1.82) is 0 Å². The van der Waals surface area contributed by atoms with Gasteiger partial charge in [0.25, 0.3) is 10.0 Å². The van der Waals surface area contributed by atoms with Crippen molar-refractivity contribution in [1.82, 2.24) is 0 Å². The van der Waals surface area contributed by atoms with Crippen molar-refractivity contribution in [2.24, 2.45) is 0 Å². The molecule has 0 saturated heterocycles. The van der Waals surface area contributed by atoms with E-state index in [1.54, 1.807) is 24.3 Å². The summed E-state index contributed by atoms with van der Waals surface area (Å²) in [4.78, 5) is 0.143. The van der Waals surface area contributed by atoms with Gasteiger partial charge < -0.3 is 5.73 Å². The Kier molecular flexibility index (Phi) is 3.82. The highest BCUT2D eigenvalue weighted by atomic mass is 79.9. The number of hydrogen-bond donors (Lipinski definition) is 2. The molecule has 3 N–H and O–H groups in total. The molecule has 0 atom stereocenters. The number of aryl methyl sites for hydroxylation is 1. The Labute approximate surface area is 120 Å². The first-order valence-corrected chi connectivity index (χ1v) is 7.80. The second kappa shape index (κ2) is 5.22. The van der Waals surface area contributed by atoms with Crippen molar-refractivity contribution in [2.75, 3.05) is 10.5 Å². The smallest absolute Gasteiger partial charge is 0.261 e. The average molecular weight is 341 g/mol. The number of nitrogens with one attached hydrogen (secondary N) is 1. The van der Waals surface area contributed by atoms with E-state index in [9.17, 15) is 8.42 Å². The first kappa shape index (κ1) is 13.9. The summed E-state index contributed by atoms with van der Waals surface area (Å²) in [6.07, 6.45) is 0. The van der Waals surface area contributed by atoms with Crippen LogP contribution < -0.4 is 10.5 Å². The Bertz CT molecular complexity index is 714. The van der Waals surface area contributed by atoms with E-state index >= 15 is 0 Å². The molecule has 0 aromatic heterocycles. The van der Waals surface area contributed by atoms with Crippen molar-refractivity contribution >= 4 is 37.3 Å². The third-order valence-corrected chi connectivity index (χ3v) is 4.83. The quantitative estimate of drug-likeness (QED) is 0.843. The van der Waals surface area contributed by atoms with E-state index < -0.39 is 10.0 Å². The van der Waals surface area contributed by atoms with E-state index in [1.165, 1.54) is 12.1 Å². The first-order valence-electron chi connectivity index (χ1n) is 5.53. The third-order valence-electron chi connectivity index (χ3n) is 2.59. The van der Waals surface area contributed by atoms with Crippen molar-refractivity contribution in [2.45, 2.75) is 11.8 Å². The molecular weight excluding hydrogens is 328 g/mol. The summed E-state index contributed by atoms with van der Waals surface area (Å²) in [5.74, 6) is 0. The van der Waals surface area contributed by atoms with Crippen molar-refractivity contribution in [3.63, 3.8) is 0 Å². The number of benzene rings is 2. The first-order chi connectivity index (χ1) is 8.88. The Morgan fingerprint density at radius 2 is 1.89 bits per heavy atom. The highest BCUT2D eigenvalue weighted by Gasteiger charge is 2.14. The van der Waals surface area contributed by atoms with Crippen LogP contribution in [0.2, 0.25) is 0 Å². The van der Waals surface area contributed by atoms with Crippen LogP contribution in [0.15, 0.2) is 51.8 Å². The van der Waals surface area contributed by atoms with E-state index in [0.717, 1.165) is 10.0 Å². The predicted molar refractivity (Wildman–Crippen MR) is 80.5 cm³/mol. The largest absolute Gasteiger partial charge is 0.399 e.